The van der Waals surface area contributed by atoms with Gasteiger partial charge in [0.1, 0.15) is 13.2 Å². The number of carbonyl (C=O) groups excluding carboxylic acids is 1. The molecule has 1 aliphatic rings. The smallest absolute Gasteiger partial charge is 0.255 e. The molecule has 1 heterocycles. The van der Waals surface area contributed by atoms with E-state index in [1.807, 2.05) is 12.1 Å². The molecule has 2 rings (SSSR count). The second-order valence-electron chi connectivity index (χ2n) is 6.07. The van der Waals surface area contributed by atoms with Gasteiger partial charge >= 0.3 is 0 Å². The number of rotatable bonds is 6. The van der Waals surface area contributed by atoms with Gasteiger partial charge in [0.15, 0.2) is 11.5 Å². The Morgan fingerprint density at radius 1 is 1.33 bits per heavy atom. The number of hydrogen-bond acceptors (Lipinski definition) is 4. The Hall–Kier alpha value is -1.75. The van der Waals surface area contributed by atoms with E-state index < -0.39 is 0 Å². The Kier molecular flexibility index (Phi) is 5.07. The van der Waals surface area contributed by atoms with E-state index in [2.05, 4.69) is 19.2 Å². The molecule has 0 unspecified atom stereocenters. The number of nitrogens with two attached hydrogens (primary N) is 1. The highest BCUT2D eigenvalue weighted by molar-refractivity contribution is 5.97. The molecule has 1 aromatic carbocycles. The largest absolute Gasteiger partial charge is 0.486 e. The maximum absolute atomic E-state index is 12.4. The number of nitrogens with one attached hydrogen (secondary N) is 1. The van der Waals surface area contributed by atoms with Crippen LogP contribution in [0.2, 0.25) is 0 Å². The number of benzene rings is 1. The molecule has 1 aliphatic heterocycles. The monoisotopic (exact) mass is 292 g/mol. The standard InChI is InChI=1S/C16H24N2O3/c1-16(2,7-4-8-17)11-18-15(19)12-5-3-6-13-14(12)21-10-9-20-13/h3,5-6H,4,7-11,17H2,1-2H3,(H,18,19). The summed E-state index contributed by atoms with van der Waals surface area (Å²) in [5.74, 6) is 1.05. The fourth-order valence-electron chi connectivity index (χ4n) is 2.34. The second-order valence-corrected chi connectivity index (χ2v) is 6.07. The van der Waals surface area contributed by atoms with E-state index in [0.29, 0.717) is 43.4 Å². The van der Waals surface area contributed by atoms with E-state index in [1.165, 1.54) is 0 Å². The zero-order chi connectivity index (χ0) is 15.3. The molecule has 116 valence electrons. The predicted octanol–water partition coefficient (Wildman–Crippen LogP) is 1.95. The van der Waals surface area contributed by atoms with Crippen LogP contribution in [0.3, 0.4) is 0 Å². The van der Waals surface area contributed by atoms with Gasteiger partial charge in [-0.2, -0.15) is 0 Å². The van der Waals surface area contributed by atoms with Crippen LogP contribution in [0.4, 0.5) is 0 Å². The van der Waals surface area contributed by atoms with Crippen LogP contribution in [-0.2, 0) is 0 Å². The summed E-state index contributed by atoms with van der Waals surface area (Å²) in [5, 5.41) is 2.98. The first-order valence-corrected chi connectivity index (χ1v) is 7.40. The molecule has 0 bridgehead atoms. The van der Waals surface area contributed by atoms with Gasteiger partial charge in [0.05, 0.1) is 5.56 Å². The average molecular weight is 292 g/mol. The molecule has 1 amide bonds. The molecule has 0 atom stereocenters. The molecular weight excluding hydrogens is 268 g/mol. The van der Waals surface area contributed by atoms with E-state index in [0.717, 1.165) is 12.8 Å². The van der Waals surface area contributed by atoms with Crippen molar-refractivity contribution in [1.29, 1.82) is 0 Å². The van der Waals surface area contributed by atoms with E-state index in [-0.39, 0.29) is 11.3 Å². The number of ether oxygens (including phenoxy) is 2. The zero-order valence-corrected chi connectivity index (χ0v) is 12.8. The first-order valence-electron chi connectivity index (χ1n) is 7.40. The minimum Gasteiger partial charge on any atom is -0.486 e. The summed E-state index contributed by atoms with van der Waals surface area (Å²) in [5.41, 5.74) is 6.10. The van der Waals surface area contributed by atoms with Crippen LogP contribution < -0.4 is 20.5 Å². The SMILES string of the molecule is CC(C)(CCCN)CNC(=O)c1cccc2c1OCCO2. The van der Waals surface area contributed by atoms with Gasteiger partial charge in [-0.3, -0.25) is 4.79 Å². The lowest BCUT2D eigenvalue weighted by molar-refractivity contribution is 0.0923. The lowest BCUT2D eigenvalue weighted by atomic mass is 9.87. The summed E-state index contributed by atoms with van der Waals surface area (Å²) in [7, 11) is 0. The van der Waals surface area contributed by atoms with Crippen molar-refractivity contribution in [2.45, 2.75) is 26.7 Å². The summed E-state index contributed by atoms with van der Waals surface area (Å²) >= 11 is 0. The fourth-order valence-corrected chi connectivity index (χ4v) is 2.34. The summed E-state index contributed by atoms with van der Waals surface area (Å²) in [4.78, 5) is 12.4. The molecule has 5 nitrogen and oxygen atoms in total. The number of para-hydroxylation sites is 1. The summed E-state index contributed by atoms with van der Waals surface area (Å²) < 4.78 is 11.1. The molecular formula is C16H24N2O3. The number of carbonyl (C=O) groups is 1. The van der Waals surface area contributed by atoms with Crippen molar-refractivity contribution < 1.29 is 14.3 Å². The first kappa shape index (κ1) is 15.6. The molecule has 0 aliphatic carbocycles. The minimum atomic E-state index is -0.127. The van der Waals surface area contributed by atoms with E-state index in [4.69, 9.17) is 15.2 Å². The molecule has 5 heteroatoms. The molecule has 1 aromatic rings. The third kappa shape index (κ3) is 4.11. The normalized spacial score (nSPS) is 13.9. The van der Waals surface area contributed by atoms with Gasteiger partial charge in [-0.1, -0.05) is 19.9 Å². The Bertz CT molecular complexity index is 500. The molecule has 0 fully saturated rings. The third-order valence-electron chi connectivity index (χ3n) is 3.60. The predicted molar refractivity (Wildman–Crippen MR) is 81.8 cm³/mol. The van der Waals surface area contributed by atoms with Crippen LogP contribution >= 0.6 is 0 Å². The van der Waals surface area contributed by atoms with Gasteiger partial charge in [0.2, 0.25) is 0 Å². The van der Waals surface area contributed by atoms with Gasteiger partial charge in [0.25, 0.3) is 5.91 Å². The van der Waals surface area contributed by atoms with Crippen molar-refractivity contribution in [3.05, 3.63) is 23.8 Å². The number of fused-ring (bicyclic) bond motifs is 1. The van der Waals surface area contributed by atoms with Crippen molar-refractivity contribution in [3.63, 3.8) is 0 Å². The van der Waals surface area contributed by atoms with Crippen molar-refractivity contribution in [2.24, 2.45) is 11.1 Å². The quantitative estimate of drug-likeness (QED) is 0.840. The fraction of sp³-hybridized carbons (Fsp3) is 0.562. The number of amides is 1. The Morgan fingerprint density at radius 2 is 2.10 bits per heavy atom. The Balaban J connectivity index is 2.01. The molecule has 21 heavy (non-hydrogen) atoms. The Morgan fingerprint density at radius 3 is 2.86 bits per heavy atom. The highest BCUT2D eigenvalue weighted by Gasteiger charge is 2.23. The Labute approximate surface area is 125 Å². The topological polar surface area (TPSA) is 73.6 Å². The van der Waals surface area contributed by atoms with Crippen LogP contribution in [0.1, 0.15) is 37.0 Å². The lowest BCUT2D eigenvalue weighted by Crippen LogP contribution is -2.34. The van der Waals surface area contributed by atoms with Crippen LogP contribution in [-0.4, -0.2) is 32.2 Å². The summed E-state index contributed by atoms with van der Waals surface area (Å²) in [6.45, 7) is 6.53. The molecule has 0 aromatic heterocycles. The molecule has 0 saturated carbocycles. The molecule has 0 radical (unpaired) electrons. The third-order valence-corrected chi connectivity index (χ3v) is 3.60. The van der Waals surface area contributed by atoms with Crippen LogP contribution in [0.25, 0.3) is 0 Å². The van der Waals surface area contributed by atoms with Gasteiger partial charge in [0, 0.05) is 6.54 Å². The van der Waals surface area contributed by atoms with Crippen LogP contribution in [0.15, 0.2) is 18.2 Å². The van der Waals surface area contributed by atoms with Crippen molar-refractivity contribution >= 4 is 5.91 Å². The van der Waals surface area contributed by atoms with Gasteiger partial charge in [-0.05, 0) is 36.9 Å². The molecule has 0 spiro atoms. The average Bonchev–Trinajstić information content (AvgIpc) is 2.50. The van der Waals surface area contributed by atoms with E-state index in [9.17, 15) is 4.79 Å². The molecule has 3 N–H and O–H groups in total. The lowest BCUT2D eigenvalue weighted by Gasteiger charge is -2.25. The van der Waals surface area contributed by atoms with Gasteiger partial charge in [-0.15, -0.1) is 0 Å². The summed E-state index contributed by atoms with van der Waals surface area (Å²) in [6.07, 6.45) is 1.94. The first-order chi connectivity index (χ1) is 10.0. The van der Waals surface area contributed by atoms with Gasteiger partial charge in [-0.25, -0.2) is 0 Å². The van der Waals surface area contributed by atoms with E-state index in [1.54, 1.807) is 6.07 Å². The van der Waals surface area contributed by atoms with Crippen LogP contribution in [0, 0.1) is 5.41 Å². The number of hydrogen-bond donors (Lipinski definition) is 2. The second kappa shape index (κ2) is 6.80. The van der Waals surface area contributed by atoms with Crippen molar-refractivity contribution in [1.82, 2.24) is 5.32 Å². The summed E-state index contributed by atoms with van der Waals surface area (Å²) in [6, 6.07) is 5.38. The van der Waals surface area contributed by atoms with Crippen molar-refractivity contribution in [3.8, 4) is 11.5 Å². The highest BCUT2D eigenvalue weighted by atomic mass is 16.6. The van der Waals surface area contributed by atoms with Crippen LogP contribution in [0.5, 0.6) is 11.5 Å². The minimum absolute atomic E-state index is 0.0290. The van der Waals surface area contributed by atoms with E-state index >= 15 is 0 Å². The highest BCUT2D eigenvalue weighted by Crippen LogP contribution is 2.33. The zero-order valence-electron chi connectivity index (χ0n) is 12.8. The van der Waals surface area contributed by atoms with Gasteiger partial charge < -0.3 is 20.5 Å². The maximum Gasteiger partial charge on any atom is 0.255 e. The molecule has 0 saturated heterocycles. The maximum atomic E-state index is 12.4. The van der Waals surface area contributed by atoms with Crippen molar-refractivity contribution in [2.75, 3.05) is 26.3 Å².